The van der Waals surface area contributed by atoms with Gasteiger partial charge in [-0.2, -0.15) is 5.26 Å². The summed E-state index contributed by atoms with van der Waals surface area (Å²) in [7, 11) is 0. The normalized spacial score (nSPS) is 18.6. The second-order valence-corrected chi connectivity index (χ2v) is 6.33. The maximum atomic E-state index is 11.1. The van der Waals surface area contributed by atoms with Gasteiger partial charge in [0, 0.05) is 5.02 Å². The number of hydrogen-bond acceptors (Lipinski definition) is 2. The Balaban J connectivity index is 2.05. The molecule has 0 heterocycles. The van der Waals surface area contributed by atoms with Gasteiger partial charge in [-0.15, -0.1) is 0 Å². The molecule has 3 heteroatoms. The summed E-state index contributed by atoms with van der Waals surface area (Å²) in [6.45, 7) is 1.73. The van der Waals surface area contributed by atoms with E-state index in [0.29, 0.717) is 17.9 Å². The van der Waals surface area contributed by atoms with Gasteiger partial charge in [0.2, 0.25) is 0 Å². The third kappa shape index (κ3) is 2.14. The summed E-state index contributed by atoms with van der Waals surface area (Å²) in [6, 6.07) is 17.5. The highest BCUT2D eigenvalue weighted by Gasteiger charge is 2.52. The molecule has 2 nitrogen and oxygen atoms in total. The summed E-state index contributed by atoms with van der Waals surface area (Å²) in [4.78, 5) is 0. The van der Waals surface area contributed by atoms with Crippen LogP contribution in [-0.2, 0) is 18.4 Å². The summed E-state index contributed by atoms with van der Waals surface area (Å²) >= 11 is 5.92. The Morgan fingerprint density at radius 3 is 2.10 bits per heavy atom. The van der Waals surface area contributed by atoms with E-state index in [1.54, 1.807) is 31.2 Å². The highest BCUT2D eigenvalue weighted by molar-refractivity contribution is 6.30. The molecule has 0 saturated carbocycles. The van der Waals surface area contributed by atoms with E-state index in [0.717, 1.165) is 16.7 Å². The van der Waals surface area contributed by atoms with Crippen molar-refractivity contribution in [1.82, 2.24) is 0 Å². The van der Waals surface area contributed by atoms with Crippen LogP contribution in [0.25, 0.3) is 0 Å². The Kier molecular flexibility index (Phi) is 3.28. The van der Waals surface area contributed by atoms with Crippen LogP contribution in [0.4, 0.5) is 0 Å². The molecule has 0 bridgehead atoms. The lowest BCUT2D eigenvalue weighted by Crippen LogP contribution is -2.43. The van der Waals surface area contributed by atoms with Crippen LogP contribution >= 0.6 is 11.6 Å². The van der Waals surface area contributed by atoms with Gasteiger partial charge in [-0.3, -0.25) is 0 Å². The number of nitriles is 1. The van der Waals surface area contributed by atoms with Gasteiger partial charge in [0.1, 0.15) is 5.60 Å². The van der Waals surface area contributed by atoms with Crippen LogP contribution in [-0.4, -0.2) is 5.11 Å². The molecule has 0 amide bonds. The maximum Gasteiger partial charge on any atom is 0.106 e. The van der Waals surface area contributed by atoms with E-state index >= 15 is 0 Å². The summed E-state index contributed by atoms with van der Waals surface area (Å²) in [5.74, 6) is 0. The Morgan fingerprint density at radius 2 is 1.62 bits per heavy atom. The summed E-state index contributed by atoms with van der Waals surface area (Å²) in [5.41, 5.74) is 0.943. The van der Waals surface area contributed by atoms with Crippen molar-refractivity contribution in [3.63, 3.8) is 0 Å². The predicted octanol–water partition coefficient (Wildman–Crippen LogP) is 3.86. The topological polar surface area (TPSA) is 44.0 Å². The van der Waals surface area contributed by atoms with Crippen molar-refractivity contribution in [2.45, 2.75) is 25.4 Å². The molecule has 0 aliphatic heterocycles. The van der Waals surface area contributed by atoms with Crippen LogP contribution in [0.5, 0.6) is 0 Å². The van der Waals surface area contributed by atoms with E-state index in [1.165, 1.54) is 0 Å². The molecule has 0 aromatic heterocycles. The first-order valence-corrected chi connectivity index (χ1v) is 7.33. The molecule has 21 heavy (non-hydrogen) atoms. The molecule has 0 spiro atoms. The molecule has 3 rings (SSSR count). The monoisotopic (exact) mass is 297 g/mol. The van der Waals surface area contributed by atoms with Crippen molar-refractivity contribution in [2.24, 2.45) is 5.41 Å². The average Bonchev–Trinajstić information content (AvgIpc) is 2.88. The van der Waals surface area contributed by atoms with Gasteiger partial charge in [0.25, 0.3) is 0 Å². The van der Waals surface area contributed by atoms with E-state index in [2.05, 4.69) is 6.07 Å². The van der Waals surface area contributed by atoms with Gasteiger partial charge in [-0.1, -0.05) is 48.0 Å². The van der Waals surface area contributed by atoms with E-state index in [4.69, 9.17) is 11.6 Å². The third-order valence-corrected chi connectivity index (χ3v) is 4.91. The second-order valence-electron chi connectivity index (χ2n) is 5.90. The minimum atomic E-state index is -1.23. The fourth-order valence-electron chi connectivity index (χ4n) is 3.20. The van der Waals surface area contributed by atoms with Crippen LogP contribution in [0.2, 0.25) is 5.02 Å². The summed E-state index contributed by atoms with van der Waals surface area (Å²) < 4.78 is 0. The van der Waals surface area contributed by atoms with E-state index in [-0.39, 0.29) is 0 Å². The zero-order valence-electron chi connectivity index (χ0n) is 11.8. The molecule has 1 atom stereocenters. The van der Waals surface area contributed by atoms with Crippen LogP contribution in [0.15, 0.2) is 48.5 Å². The van der Waals surface area contributed by atoms with Gasteiger partial charge >= 0.3 is 0 Å². The standard InChI is InChI=1S/C18H16ClNO/c1-17(21,15-6-8-16(19)9-7-15)18(12-20)10-13-4-2-3-5-14(13)11-18/h2-9,21H,10-11H2,1H3. The van der Waals surface area contributed by atoms with E-state index in [1.807, 2.05) is 24.3 Å². The Morgan fingerprint density at radius 1 is 1.10 bits per heavy atom. The SMILES string of the molecule is CC(O)(c1ccc(Cl)cc1)C1(C#N)Cc2ccccc2C1. The van der Waals surface area contributed by atoms with Crippen LogP contribution in [0, 0.1) is 16.7 Å². The van der Waals surface area contributed by atoms with Crippen molar-refractivity contribution in [3.05, 3.63) is 70.2 Å². The fourth-order valence-corrected chi connectivity index (χ4v) is 3.32. The molecule has 106 valence electrons. The van der Waals surface area contributed by atoms with Gasteiger partial charge in [0.15, 0.2) is 0 Å². The molecule has 1 aliphatic rings. The van der Waals surface area contributed by atoms with E-state index < -0.39 is 11.0 Å². The first-order chi connectivity index (χ1) is 9.98. The molecule has 2 aromatic rings. The summed E-state index contributed by atoms with van der Waals surface area (Å²) in [6.07, 6.45) is 1.13. The highest BCUT2D eigenvalue weighted by Crippen LogP contribution is 2.49. The first-order valence-electron chi connectivity index (χ1n) is 6.95. The molecule has 2 aromatic carbocycles. The molecule has 0 radical (unpaired) electrons. The highest BCUT2D eigenvalue weighted by atomic mass is 35.5. The zero-order chi connectivity index (χ0) is 15.1. The Hall–Kier alpha value is -1.82. The molecule has 1 aliphatic carbocycles. The molecule has 0 fully saturated rings. The van der Waals surface area contributed by atoms with Crippen LogP contribution in [0.1, 0.15) is 23.6 Å². The second kappa shape index (κ2) is 4.87. The predicted molar refractivity (Wildman–Crippen MR) is 82.9 cm³/mol. The van der Waals surface area contributed by atoms with Crippen molar-refractivity contribution in [1.29, 1.82) is 5.26 Å². The number of halogens is 1. The van der Waals surface area contributed by atoms with Crippen molar-refractivity contribution in [3.8, 4) is 6.07 Å². The Bertz CT molecular complexity index is 688. The zero-order valence-corrected chi connectivity index (χ0v) is 12.6. The fraction of sp³-hybridized carbons (Fsp3) is 0.278. The summed E-state index contributed by atoms with van der Waals surface area (Å²) in [5, 5.41) is 21.6. The molecule has 1 N–H and O–H groups in total. The number of fused-ring (bicyclic) bond motifs is 1. The quantitative estimate of drug-likeness (QED) is 0.915. The molecule has 0 saturated heterocycles. The number of nitrogens with zero attached hydrogens (tertiary/aromatic N) is 1. The van der Waals surface area contributed by atoms with E-state index in [9.17, 15) is 10.4 Å². The van der Waals surface area contributed by atoms with Gasteiger partial charge in [0.05, 0.1) is 11.5 Å². The first kappa shape index (κ1) is 14.1. The third-order valence-electron chi connectivity index (χ3n) is 4.66. The molecular weight excluding hydrogens is 282 g/mol. The minimum absolute atomic E-state index is 0.565. The van der Waals surface area contributed by atoms with Crippen LogP contribution in [0.3, 0.4) is 0 Å². The minimum Gasteiger partial charge on any atom is -0.384 e. The van der Waals surface area contributed by atoms with Gasteiger partial charge in [-0.05, 0) is 48.6 Å². The number of rotatable bonds is 2. The lowest BCUT2D eigenvalue weighted by Gasteiger charge is -2.37. The molecule has 1 unspecified atom stereocenters. The lowest BCUT2D eigenvalue weighted by molar-refractivity contribution is -0.0405. The molecular formula is C18H16ClNO. The maximum absolute atomic E-state index is 11.1. The van der Waals surface area contributed by atoms with Crippen molar-refractivity contribution >= 4 is 11.6 Å². The van der Waals surface area contributed by atoms with Gasteiger partial charge < -0.3 is 5.11 Å². The number of benzene rings is 2. The number of aliphatic hydroxyl groups is 1. The number of hydrogen-bond donors (Lipinski definition) is 1. The largest absolute Gasteiger partial charge is 0.384 e. The van der Waals surface area contributed by atoms with Crippen molar-refractivity contribution in [2.75, 3.05) is 0 Å². The Labute approximate surface area is 129 Å². The average molecular weight is 298 g/mol. The smallest absolute Gasteiger partial charge is 0.106 e. The van der Waals surface area contributed by atoms with Crippen LogP contribution < -0.4 is 0 Å². The van der Waals surface area contributed by atoms with Gasteiger partial charge in [-0.25, -0.2) is 0 Å². The lowest BCUT2D eigenvalue weighted by atomic mass is 9.68. The van der Waals surface area contributed by atoms with Crippen molar-refractivity contribution < 1.29 is 5.11 Å².